The Labute approximate surface area is 193 Å². The number of aliphatic carboxylic acids is 1. The first kappa shape index (κ1) is 24.1. The number of carbonyl (C=O) groups is 1. The third-order valence-electron chi connectivity index (χ3n) is 5.19. The highest BCUT2D eigenvalue weighted by atomic mass is 17.2. The van der Waals surface area contributed by atoms with E-state index in [1.165, 1.54) is 6.07 Å². The van der Waals surface area contributed by atoms with E-state index in [2.05, 4.69) is 0 Å². The van der Waals surface area contributed by atoms with Gasteiger partial charge in [-0.3, -0.25) is 4.79 Å². The summed E-state index contributed by atoms with van der Waals surface area (Å²) in [6.07, 6.45) is -10.1. The van der Waals surface area contributed by atoms with E-state index < -0.39 is 82.0 Å². The summed E-state index contributed by atoms with van der Waals surface area (Å²) in [6.45, 7) is 0. The molecule has 0 unspecified atom stereocenters. The zero-order valence-corrected chi connectivity index (χ0v) is 17.3. The van der Waals surface area contributed by atoms with Crippen LogP contribution in [0.25, 0.3) is 22.3 Å². The van der Waals surface area contributed by atoms with Crippen molar-refractivity contribution in [3.05, 3.63) is 40.6 Å². The van der Waals surface area contributed by atoms with Crippen LogP contribution in [0.1, 0.15) is 0 Å². The zero-order valence-electron chi connectivity index (χ0n) is 17.3. The molecule has 1 fully saturated rings. The molecular weight excluding hydrogens is 476 g/mol. The maximum absolute atomic E-state index is 13.1. The third kappa shape index (κ3) is 4.27. The maximum Gasteiger partial charge on any atom is 0.335 e. The SMILES string of the molecule is O=C(O)[C@H]1O[C@@H](OOc2c(-c3ccc(O)c(O)c3)oc3cc(O)cc(O)c3c2=O)[C@H](O)[C@@H](O)[C@@H]1O. The second-order valence-corrected chi connectivity index (χ2v) is 7.55. The summed E-state index contributed by atoms with van der Waals surface area (Å²) < 4.78 is 10.5. The van der Waals surface area contributed by atoms with Crippen molar-refractivity contribution in [2.45, 2.75) is 30.7 Å². The molecule has 14 heteroatoms. The van der Waals surface area contributed by atoms with E-state index in [4.69, 9.17) is 24.0 Å². The van der Waals surface area contributed by atoms with Crippen molar-refractivity contribution in [3.8, 4) is 40.1 Å². The fraction of sp³-hybridized carbons (Fsp3) is 0.238. The van der Waals surface area contributed by atoms with Gasteiger partial charge in [-0.2, -0.15) is 4.89 Å². The predicted octanol–water partition coefficient (Wildman–Crippen LogP) is -0.515. The fourth-order valence-corrected chi connectivity index (χ4v) is 3.43. The Kier molecular flexibility index (Phi) is 6.14. The molecule has 8 N–H and O–H groups in total. The predicted molar refractivity (Wildman–Crippen MR) is 111 cm³/mol. The second-order valence-electron chi connectivity index (χ2n) is 7.55. The van der Waals surface area contributed by atoms with Gasteiger partial charge in [-0.25, -0.2) is 4.79 Å². The highest BCUT2D eigenvalue weighted by Gasteiger charge is 2.48. The van der Waals surface area contributed by atoms with Crippen molar-refractivity contribution in [2.75, 3.05) is 0 Å². The van der Waals surface area contributed by atoms with Crippen LogP contribution in [0, 0.1) is 0 Å². The smallest absolute Gasteiger partial charge is 0.335 e. The average Bonchev–Trinajstić information content (AvgIpc) is 2.79. The highest BCUT2D eigenvalue weighted by molar-refractivity contribution is 5.88. The topological polar surface area (TPSA) is 237 Å². The van der Waals surface area contributed by atoms with Gasteiger partial charge < -0.3 is 54.9 Å². The van der Waals surface area contributed by atoms with Crippen LogP contribution >= 0.6 is 0 Å². The number of aromatic hydroxyl groups is 4. The van der Waals surface area contributed by atoms with Crippen molar-refractivity contribution in [3.63, 3.8) is 0 Å². The minimum absolute atomic E-state index is 0.0512. The van der Waals surface area contributed by atoms with Gasteiger partial charge in [0.05, 0.1) is 0 Å². The monoisotopic (exact) mass is 494 g/mol. The average molecular weight is 494 g/mol. The molecule has 3 aromatic rings. The molecule has 5 atom stereocenters. The van der Waals surface area contributed by atoms with Crippen LogP contribution in [-0.2, 0) is 14.4 Å². The molecule has 0 radical (unpaired) electrons. The van der Waals surface area contributed by atoms with E-state index in [0.29, 0.717) is 0 Å². The first-order valence-electron chi connectivity index (χ1n) is 9.80. The normalized spacial score (nSPS) is 24.4. The molecule has 186 valence electrons. The molecular formula is C21H18O14. The Bertz CT molecular complexity index is 1350. The molecule has 14 nitrogen and oxygen atoms in total. The quantitative estimate of drug-likeness (QED) is 0.127. The molecule has 0 aliphatic carbocycles. The number of fused-ring (bicyclic) bond motifs is 1. The van der Waals surface area contributed by atoms with E-state index in [1.807, 2.05) is 0 Å². The highest BCUT2D eigenvalue weighted by Crippen LogP contribution is 2.38. The van der Waals surface area contributed by atoms with Gasteiger partial charge in [0, 0.05) is 17.7 Å². The Morgan fingerprint density at radius 2 is 1.60 bits per heavy atom. The molecule has 2 heterocycles. The van der Waals surface area contributed by atoms with Gasteiger partial charge in [0.1, 0.15) is 40.8 Å². The van der Waals surface area contributed by atoms with Crippen LogP contribution in [0.4, 0.5) is 0 Å². The number of phenols is 4. The first-order chi connectivity index (χ1) is 16.5. The number of aliphatic hydroxyl groups is 3. The largest absolute Gasteiger partial charge is 0.508 e. The number of aliphatic hydroxyl groups excluding tert-OH is 3. The third-order valence-corrected chi connectivity index (χ3v) is 5.19. The first-order valence-corrected chi connectivity index (χ1v) is 9.80. The summed E-state index contributed by atoms with van der Waals surface area (Å²) in [4.78, 5) is 34.3. The van der Waals surface area contributed by atoms with E-state index in [-0.39, 0.29) is 11.1 Å². The van der Waals surface area contributed by atoms with Gasteiger partial charge in [-0.1, -0.05) is 0 Å². The summed E-state index contributed by atoms with van der Waals surface area (Å²) in [5.41, 5.74) is -1.42. The van der Waals surface area contributed by atoms with Gasteiger partial charge in [0.25, 0.3) is 5.75 Å². The summed E-state index contributed by atoms with van der Waals surface area (Å²) in [5.74, 6) is -5.17. The lowest BCUT2D eigenvalue weighted by Gasteiger charge is -2.37. The standard InChI is InChI=1S/C21H18O14/c22-7-4-10(25)12-11(5-7)32-17(6-1-2-8(23)9(24)3-6)18(13(12)26)34-35-21-16(29)14(27)15(28)19(33-21)20(30)31/h1-5,14-16,19,21-25,27-29H,(H,30,31)/t14-,15-,16+,19-,21-/m0/s1. The van der Waals surface area contributed by atoms with Crippen molar-refractivity contribution in [2.24, 2.45) is 0 Å². The number of carboxylic acids is 1. The molecule has 0 bridgehead atoms. The Morgan fingerprint density at radius 3 is 2.26 bits per heavy atom. The molecule has 2 aromatic carbocycles. The van der Waals surface area contributed by atoms with Crippen molar-refractivity contribution < 1.29 is 64.6 Å². The molecule has 0 saturated carbocycles. The molecule has 4 rings (SSSR count). The van der Waals surface area contributed by atoms with Crippen molar-refractivity contribution in [1.29, 1.82) is 0 Å². The van der Waals surface area contributed by atoms with Gasteiger partial charge in [-0.05, 0) is 18.2 Å². The Morgan fingerprint density at radius 1 is 0.886 bits per heavy atom. The summed E-state index contributed by atoms with van der Waals surface area (Å²) in [6, 6.07) is 5.11. The van der Waals surface area contributed by atoms with Crippen LogP contribution in [0.15, 0.2) is 39.5 Å². The molecule has 35 heavy (non-hydrogen) atoms. The minimum Gasteiger partial charge on any atom is -0.508 e. The molecule has 0 spiro atoms. The number of phenolic OH excluding ortho intramolecular Hbond substituents is 4. The molecule has 1 saturated heterocycles. The number of carboxylic acid groups (broad SMARTS) is 1. The van der Waals surface area contributed by atoms with E-state index in [1.54, 1.807) is 0 Å². The molecule has 1 aliphatic rings. The summed E-state index contributed by atoms with van der Waals surface area (Å²) >= 11 is 0. The number of rotatable bonds is 5. The fourth-order valence-electron chi connectivity index (χ4n) is 3.43. The number of ether oxygens (including phenoxy) is 1. The summed E-state index contributed by atoms with van der Waals surface area (Å²) in [7, 11) is 0. The molecule has 0 amide bonds. The number of hydrogen-bond acceptors (Lipinski definition) is 13. The lowest BCUT2D eigenvalue weighted by Crippen LogP contribution is -2.60. The van der Waals surface area contributed by atoms with Gasteiger partial charge >= 0.3 is 5.97 Å². The Balaban J connectivity index is 1.80. The van der Waals surface area contributed by atoms with Crippen LogP contribution in [-0.4, -0.2) is 77.5 Å². The Hall–Kier alpha value is -4.08. The van der Waals surface area contributed by atoms with Gasteiger partial charge in [0.15, 0.2) is 23.4 Å². The second kappa shape index (κ2) is 8.94. The van der Waals surface area contributed by atoms with E-state index >= 15 is 0 Å². The van der Waals surface area contributed by atoms with E-state index in [0.717, 1.165) is 24.3 Å². The van der Waals surface area contributed by atoms with Crippen LogP contribution < -0.4 is 10.3 Å². The molecule has 1 aliphatic heterocycles. The van der Waals surface area contributed by atoms with Gasteiger partial charge in [0.2, 0.25) is 11.7 Å². The maximum atomic E-state index is 13.1. The summed E-state index contributed by atoms with van der Waals surface area (Å²) in [5, 5.41) is 77.8. The number of benzene rings is 2. The van der Waals surface area contributed by atoms with Crippen molar-refractivity contribution >= 4 is 16.9 Å². The minimum atomic E-state index is -2.02. The van der Waals surface area contributed by atoms with E-state index in [9.17, 15) is 45.3 Å². The van der Waals surface area contributed by atoms with Crippen LogP contribution in [0.2, 0.25) is 0 Å². The number of hydrogen-bond donors (Lipinski definition) is 8. The molecule has 1 aromatic heterocycles. The zero-order chi connectivity index (χ0) is 25.6. The van der Waals surface area contributed by atoms with Crippen molar-refractivity contribution in [1.82, 2.24) is 0 Å². The lowest BCUT2D eigenvalue weighted by atomic mass is 9.99. The van der Waals surface area contributed by atoms with Crippen LogP contribution in [0.5, 0.6) is 28.7 Å². The van der Waals surface area contributed by atoms with Gasteiger partial charge in [-0.15, -0.1) is 0 Å². The lowest BCUT2D eigenvalue weighted by molar-refractivity contribution is -0.381. The van der Waals surface area contributed by atoms with Crippen LogP contribution in [0.3, 0.4) is 0 Å².